The zero-order chi connectivity index (χ0) is 14.0. The average Bonchev–Trinajstić information content (AvgIpc) is 2.82. The van der Waals surface area contributed by atoms with E-state index in [0.29, 0.717) is 16.7 Å². The van der Waals surface area contributed by atoms with Gasteiger partial charge >= 0.3 is 5.97 Å². The Balaban J connectivity index is 2.08. The van der Waals surface area contributed by atoms with E-state index in [1.165, 1.54) is 24.1 Å². The summed E-state index contributed by atoms with van der Waals surface area (Å²) in [7, 11) is 0. The predicted molar refractivity (Wildman–Crippen MR) is 71.5 cm³/mol. The summed E-state index contributed by atoms with van der Waals surface area (Å²) in [5.74, 6) is 0.120. The highest BCUT2D eigenvalue weighted by Crippen LogP contribution is 2.22. The second-order valence-corrected chi connectivity index (χ2v) is 5.14. The van der Waals surface area contributed by atoms with Gasteiger partial charge in [-0.2, -0.15) is 0 Å². The van der Waals surface area contributed by atoms with Gasteiger partial charge in [-0.3, -0.25) is 0 Å². The van der Waals surface area contributed by atoms with Gasteiger partial charge in [-0.1, -0.05) is 11.8 Å². The first-order valence-corrected chi connectivity index (χ1v) is 6.71. The van der Waals surface area contributed by atoms with E-state index < -0.39 is 5.97 Å². The number of aromatic carboxylic acids is 1. The van der Waals surface area contributed by atoms with Gasteiger partial charge < -0.3 is 9.52 Å². The Labute approximate surface area is 115 Å². The number of thioether (sulfide) groups is 1. The molecule has 2 heterocycles. The Bertz CT molecular complexity index is 599. The van der Waals surface area contributed by atoms with E-state index in [9.17, 15) is 4.79 Å². The van der Waals surface area contributed by atoms with Gasteiger partial charge in [0.2, 0.25) is 0 Å². The third-order valence-electron chi connectivity index (χ3n) is 2.86. The van der Waals surface area contributed by atoms with Crippen LogP contribution in [0.2, 0.25) is 0 Å². The van der Waals surface area contributed by atoms with Gasteiger partial charge in [-0.15, -0.1) is 0 Å². The van der Waals surface area contributed by atoms with E-state index in [1.807, 2.05) is 20.8 Å². The molecule has 0 bridgehead atoms. The summed E-state index contributed by atoms with van der Waals surface area (Å²) in [6, 6.07) is 1.52. The molecule has 100 valence electrons. The van der Waals surface area contributed by atoms with Gasteiger partial charge in [-0.05, 0) is 32.4 Å². The first-order valence-electron chi connectivity index (χ1n) is 5.72. The maximum absolute atomic E-state index is 10.7. The predicted octanol–water partition coefficient (Wildman–Crippen LogP) is 2.99. The molecule has 0 aliphatic heterocycles. The Morgan fingerprint density at radius 2 is 1.95 bits per heavy atom. The number of carboxylic acids is 1. The third kappa shape index (κ3) is 3.14. The second kappa shape index (κ2) is 5.44. The molecule has 19 heavy (non-hydrogen) atoms. The van der Waals surface area contributed by atoms with Crippen molar-refractivity contribution in [2.75, 3.05) is 0 Å². The maximum Gasteiger partial charge on any atom is 0.338 e. The van der Waals surface area contributed by atoms with Crippen LogP contribution in [0.4, 0.5) is 0 Å². The lowest BCUT2D eigenvalue weighted by Crippen LogP contribution is -1.98. The van der Waals surface area contributed by atoms with Crippen molar-refractivity contribution in [3.63, 3.8) is 0 Å². The van der Waals surface area contributed by atoms with Crippen molar-refractivity contribution in [1.82, 2.24) is 9.97 Å². The van der Waals surface area contributed by atoms with Crippen LogP contribution in [0.15, 0.2) is 21.9 Å². The molecule has 0 aliphatic rings. The molecule has 2 rings (SSSR count). The zero-order valence-electron chi connectivity index (χ0n) is 10.9. The van der Waals surface area contributed by atoms with E-state index in [-0.39, 0.29) is 5.56 Å². The van der Waals surface area contributed by atoms with Gasteiger partial charge in [0.1, 0.15) is 12.0 Å². The Morgan fingerprint density at radius 1 is 1.32 bits per heavy atom. The fourth-order valence-corrected chi connectivity index (χ4v) is 2.34. The molecule has 2 aromatic rings. The van der Waals surface area contributed by atoms with Crippen molar-refractivity contribution in [2.24, 2.45) is 0 Å². The summed E-state index contributed by atoms with van der Waals surface area (Å²) < 4.78 is 5.17. The fourth-order valence-electron chi connectivity index (χ4n) is 1.51. The van der Waals surface area contributed by atoms with E-state index in [4.69, 9.17) is 9.52 Å². The number of carboxylic acid groups (broad SMARTS) is 1. The minimum absolute atomic E-state index is 0.160. The molecule has 0 aromatic carbocycles. The van der Waals surface area contributed by atoms with Gasteiger partial charge in [0.25, 0.3) is 0 Å². The zero-order valence-corrected chi connectivity index (χ0v) is 11.7. The standard InChI is InChI=1S/C13H14N2O3S/c1-7-8(2)14-13(15-9(7)3)19-6-11-4-10(5-18-11)12(16)17/h4-5H,6H2,1-3H3,(H,16,17). The third-order valence-corrected chi connectivity index (χ3v) is 3.73. The molecule has 0 saturated carbocycles. The van der Waals surface area contributed by atoms with E-state index >= 15 is 0 Å². The van der Waals surface area contributed by atoms with Gasteiger partial charge in [0.05, 0.1) is 11.3 Å². The van der Waals surface area contributed by atoms with Crippen molar-refractivity contribution in [3.8, 4) is 0 Å². The monoisotopic (exact) mass is 278 g/mol. The number of hydrogen-bond donors (Lipinski definition) is 1. The summed E-state index contributed by atoms with van der Waals surface area (Å²) in [6.45, 7) is 5.89. The number of rotatable bonds is 4. The van der Waals surface area contributed by atoms with Crippen LogP contribution < -0.4 is 0 Å². The number of aryl methyl sites for hydroxylation is 2. The first-order chi connectivity index (χ1) is 8.97. The van der Waals surface area contributed by atoms with Crippen LogP contribution in [0.5, 0.6) is 0 Å². The van der Waals surface area contributed by atoms with Crippen molar-refractivity contribution in [2.45, 2.75) is 31.7 Å². The minimum atomic E-state index is -0.988. The lowest BCUT2D eigenvalue weighted by Gasteiger charge is -2.05. The van der Waals surface area contributed by atoms with Crippen molar-refractivity contribution in [1.29, 1.82) is 0 Å². The van der Waals surface area contributed by atoms with Crippen molar-refractivity contribution >= 4 is 17.7 Å². The quantitative estimate of drug-likeness (QED) is 0.684. The maximum atomic E-state index is 10.7. The topological polar surface area (TPSA) is 76.2 Å². The molecule has 0 spiro atoms. The highest BCUT2D eigenvalue weighted by Gasteiger charge is 2.10. The Hall–Kier alpha value is -1.82. The van der Waals surface area contributed by atoms with Gasteiger partial charge in [0, 0.05) is 11.4 Å². The largest absolute Gasteiger partial charge is 0.478 e. The van der Waals surface area contributed by atoms with Crippen LogP contribution >= 0.6 is 11.8 Å². The first kappa shape index (κ1) is 13.6. The number of carbonyl (C=O) groups is 1. The van der Waals surface area contributed by atoms with E-state index in [1.54, 1.807) is 0 Å². The summed E-state index contributed by atoms with van der Waals surface area (Å²) in [4.78, 5) is 19.5. The molecule has 0 aliphatic carbocycles. The van der Waals surface area contributed by atoms with Crippen LogP contribution in [0.3, 0.4) is 0 Å². The molecular weight excluding hydrogens is 264 g/mol. The van der Waals surface area contributed by atoms with Crippen LogP contribution in [-0.4, -0.2) is 21.0 Å². The molecule has 5 nitrogen and oxygen atoms in total. The molecule has 0 saturated heterocycles. The molecule has 0 atom stereocenters. The van der Waals surface area contributed by atoms with Gasteiger partial charge in [-0.25, -0.2) is 14.8 Å². The minimum Gasteiger partial charge on any atom is -0.478 e. The lowest BCUT2D eigenvalue weighted by atomic mass is 10.2. The lowest BCUT2D eigenvalue weighted by molar-refractivity contribution is 0.0696. The smallest absolute Gasteiger partial charge is 0.338 e. The average molecular weight is 278 g/mol. The van der Waals surface area contributed by atoms with Crippen molar-refractivity contribution < 1.29 is 14.3 Å². The van der Waals surface area contributed by atoms with Crippen LogP contribution in [0.25, 0.3) is 0 Å². The summed E-state index contributed by atoms with van der Waals surface area (Å²) >= 11 is 1.43. The van der Waals surface area contributed by atoms with E-state index in [0.717, 1.165) is 17.0 Å². The Kier molecular flexibility index (Phi) is 3.90. The van der Waals surface area contributed by atoms with Gasteiger partial charge in [0.15, 0.2) is 5.16 Å². The van der Waals surface area contributed by atoms with Crippen LogP contribution in [0.1, 0.15) is 33.1 Å². The number of aromatic nitrogens is 2. The number of furan rings is 1. The molecule has 0 unspecified atom stereocenters. The van der Waals surface area contributed by atoms with Crippen molar-refractivity contribution in [3.05, 3.63) is 40.6 Å². The number of hydrogen-bond acceptors (Lipinski definition) is 5. The number of nitrogens with zero attached hydrogens (tertiary/aromatic N) is 2. The van der Waals surface area contributed by atoms with E-state index in [2.05, 4.69) is 9.97 Å². The molecule has 0 amide bonds. The highest BCUT2D eigenvalue weighted by atomic mass is 32.2. The normalized spacial score (nSPS) is 10.7. The fraction of sp³-hybridized carbons (Fsp3) is 0.308. The van der Waals surface area contributed by atoms with Crippen LogP contribution in [0, 0.1) is 20.8 Å². The highest BCUT2D eigenvalue weighted by molar-refractivity contribution is 7.98. The molecule has 0 fully saturated rings. The summed E-state index contributed by atoms with van der Waals surface area (Å²) in [5, 5.41) is 9.47. The SMILES string of the molecule is Cc1nc(SCc2cc(C(=O)O)co2)nc(C)c1C. The molecule has 0 radical (unpaired) electrons. The molecule has 1 N–H and O–H groups in total. The summed E-state index contributed by atoms with van der Waals surface area (Å²) in [6.07, 6.45) is 1.24. The van der Waals surface area contributed by atoms with Crippen LogP contribution in [-0.2, 0) is 5.75 Å². The second-order valence-electron chi connectivity index (χ2n) is 4.20. The molecular formula is C13H14N2O3S. The molecule has 6 heteroatoms. The molecule has 2 aromatic heterocycles. The Morgan fingerprint density at radius 3 is 2.47 bits per heavy atom. The summed E-state index contributed by atoms with van der Waals surface area (Å²) in [5.41, 5.74) is 3.17.